The zero-order chi connectivity index (χ0) is 16.6. The van der Waals surface area contributed by atoms with Crippen molar-refractivity contribution in [2.24, 2.45) is 0 Å². The molecule has 0 aromatic heterocycles. The topological polar surface area (TPSA) is 46.6 Å². The molecule has 0 saturated heterocycles. The third-order valence-corrected chi connectivity index (χ3v) is 6.05. The van der Waals surface area contributed by atoms with Crippen LogP contribution < -0.4 is 9.04 Å². The number of nitrogens with zero attached hydrogens (tertiary/aromatic N) is 1. The lowest BCUT2D eigenvalue weighted by molar-refractivity contribution is 0.313. The number of anilines is 1. The molecule has 5 heteroatoms. The third kappa shape index (κ3) is 2.41. The Kier molecular flexibility index (Phi) is 3.65. The molecule has 3 aromatic rings. The monoisotopic (exact) mass is 339 g/mol. The van der Waals surface area contributed by atoms with E-state index >= 15 is 0 Å². The van der Waals surface area contributed by atoms with Gasteiger partial charge in [0.25, 0.3) is 10.0 Å². The normalized spacial score (nSPS) is 14.9. The van der Waals surface area contributed by atoms with Crippen LogP contribution in [0.5, 0.6) is 5.75 Å². The Morgan fingerprint density at radius 2 is 1.62 bits per heavy atom. The first-order valence-corrected chi connectivity index (χ1v) is 9.34. The van der Waals surface area contributed by atoms with E-state index in [2.05, 4.69) is 0 Å². The minimum Gasteiger partial charge on any atom is -0.494 e. The Hall–Kier alpha value is -2.53. The first-order valence-electron chi connectivity index (χ1n) is 7.90. The van der Waals surface area contributed by atoms with E-state index in [1.54, 1.807) is 12.1 Å². The Balaban J connectivity index is 1.53. The van der Waals surface area contributed by atoms with Gasteiger partial charge in [0.05, 0.1) is 17.2 Å². The Bertz CT molecular complexity index is 979. The maximum atomic E-state index is 12.8. The van der Waals surface area contributed by atoms with Crippen molar-refractivity contribution in [2.75, 3.05) is 17.5 Å². The highest BCUT2D eigenvalue weighted by Crippen LogP contribution is 2.41. The molecule has 4 rings (SSSR count). The fraction of sp³-hybridized carbons (Fsp3) is 0.158. The van der Waals surface area contributed by atoms with Crippen LogP contribution >= 0.6 is 0 Å². The number of hydrogen-bond acceptors (Lipinski definition) is 3. The maximum Gasteiger partial charge on any atom is 0.265 e. The van der Waals surface area contributed by atoms with Gasteiger partial charge in [-0.25, -0.2) is 8.42 Å². The number of rotatable bonds is 5. The molecule has 3 aromatic carbocycles. The number of benzene rings is 3. The highest BCUT2D eigenvalue weighted by Gasteiger charge is 2.34. The van der Waals surface area contributed by atoms with Gasteiger partial charge in [-0.1, -0.05) is 42.5 Å². The van der Waals surface area contributed by atoms with Crippen molar-refractivity contribution in [1.29, 1.82) is 0 Å². The molecular weight excluding hydrogens is 322 g/mol. The average Bonchev–Trinajstić information content (AvgIpc) is 2.83. The zero-order valence-electron chi connectivity index (χ0n) is 13.1. The highest BCUT2D eigenvalue weighted by atomic mass is 32.2. The SMILES string of the molecule is O=S1(=O)c2cccc3cccc(c23)N1CCCOc1ccccc1. The summed E-state index contributed by atoms with van der Waals surface area (Å²) in [7, 11) is -3.47. The molecule has 1 heterocycles. The molecular formula is C19H17NO3S. The first-order chi connectivity index (χ1) is 11.7. The summed E-state index contributed by atoms with van der Waals surface area (Å²) in [5.74, 6) is 0.798. The number of sulfonamides is 1. The van der Waals surface area contributed by atoms with Crippen LogP contribution in [0.2, 0.25) is 0 Å². The van der Waals surface area contributed by atoms with Gasteiger partial charge in [-0.3, -0.25) is 4.31 Å². The summed E-state index contributed by atoms with van der Waals surface area (Å²) >= 11 is 0. The van der Waals surface area contributed by atoms with Crippen LogP contribution in [0.3, 0.4) is 0 Å². The molecule has 0 unspecified atom stereocenters. The molecule has 122 valence electrons. The van der Waals surface area contributed by atoms with Gasteiger partial charge in [-0.15, -0.1) is 0 Å². The summed E-state index contributed by atoms with van der Waals surface area (Å²) in [6.07, 6.45) is 0.624. The molecule has 0 bridgehead atoms. The second-order valence-electron chi connectivity index (χ2n) is 5.72. The lowest BCUT2D eigenvalue weighted by Gasteiger charge is -2.18. The molecule has 0 saturated carbocycles. The van der Waals surface area contributed by atoms with E-state index in [9.17, 15) is 8.42 Å². The zero-order valence-corrected chi connectivity index (χ0v) is 13.9. The maximum absolute atomic E-state index is 12.8. The largest absolute Gasteiger partial charge is 0.494 e. The van der Waals surface area contributed by atoms with E-state index < -0.39 is 10.0 Å². The summed E-state index contributed by atoms with van der Waals surface area (Å²) < 4.78 is 32.8. The van der Waals surface area contributed by atoms with E-state index in [-0.39, 0.29) is 0 Å². The van der Waals surface area contributed by atoms with Gasteiger partial charge < -0.3 is 4.74 Å². The lowest BCUT2D eigenvalue weighted by atomic mass is 10.1. The molecule has 0 amide bonds. The smallest absolute Gasteiger partial charge is 0.265 e. The van der Waals surface area contributed by atoms with Crippen LogP contribution in [0, 0.1) is 0 Å². The van der Waals surface area contributed by atoms with E-state index in [1.165, 1.54) is 4.31 Å². The van der Waals surface area contributed by atoms with Crippen LogP contribution in [0.1, 0.15) is 6.42 Å². The minimum atomic E-state index is -3.47. The molecule has 4 nitrogen and oxygen atoms in total. The van der Waals surface area contributed by atoms with Crippen LogP contribution in [0.15, 0.2) is 71.6 Å². The van der Waals surface area contributed by atoms with Crippen molar-refractivity contribution >= 4 is 26.5 Å². The van der Waals surface area contributed by atoms with Crippen LogP contribution in [0.25, 0.3) is 10.8 Å². The molecule has 0 aliphatic carbocycles. The van der Waals surface area contributed by atoms with Crippen molar-refractivity contribution in [1.82, 2.24) is 0 Å². The van der Waals surface area contributed by atoms with Crippen molar-refractivity contribution in [3.05, 3.63) is 66.7 Å². The second kappa shape index (κ2) is 5.83. The first kappa shape index (κ1) is 15.0. The Morgan fingerprint density at radius 3 is 2.42 bits per heavy atom. The lowest BCUT2D eigenvalue weighted by Crippen LogP contribution is -2.29. The number of ether oxygens (including phenoxy) is 1. The van der Waals surface area contributed by atoms with Gasteiger partial charge in [0, 0.05) is 18.4 Å². The molecule has 0 spiro atoms. The quantitative estimate of drug-likeness (QED) is 0.664. The van der Waals surface area contributed by atoms with Gasteiger partial charge in [0.2, 0.25) is 0 Å². The molecule has 0 N–H and O–H groups in total. The number of hydrogen-bond donors (Lipinski definition) is 0. The standard InChI is InChI=1S/C19H17NO3S/c21-24(22)18-12-5-8-15-7-4-11-17(19(15)18)20(24)13-6-14-23-16-9-2-1-3-10-16/h1-5,7-12H,6,13-14H2. The summed E-state index contributed by atoms with van der Waals surface area (Å²) in [5.41, 5.74) is 0.766. The van der Waals surface area contributed by atoms with E-state index in [0.717, 1.165) is 22.2 Å². The number of para-hydroxylation sites is 1. The van der Waals surface area contributed by atoms with Crippen LogP contribution in [-0.2, 0) is 10.0 Å². The Labute approximate surface area is 141 Å². The summed E-state index contributed by atoms with van der Waals surface area (Å²) in [4.78, 5) is 0.402. The predicted octanol–water partition coefficient (Wildman–Crippen LogP) is 3.82. The molecule has 0 fully saturated rings. The summed E-state index contributed by atoms with van der Waals surface area (Å²) in [6.45, 7) is 0.880. The van der Waals surface area contributed by atoms with E-state index in [1.807, 2.05) is 54.6 Å². The minimum absolute atomic E-state index is 0.402. The van der Waals surface area contributed by atoms with Crippen LogP contribution in [-0.4, -0.2) is 21.6 Å². The van der Waals surface area contributed by atoms with Crippen LogP contribution in [0.4, 0.5) is 5.69 Å². The Morgan fingerprint density at radius 1 is 0.875 bits per heavy atom. The average molecular weight is 339 g/mol. The van der Waals surface area contributed by atoms with Crippen molar-refractivity contribution in [3.8, 4) is 5.75 Å². The summed E-state index contributed by atoms with van der Waals surface area (Å²) in [5, 5.41) is 1.78. The fourth-order valence-electron chi connectivity index (χ4n) is 3.11. The van der Waals surface area contributed by atoms with Crippen molar-refractivity contribution in [2.45, 2.75) is 11.3 Å². The second-order valence-corrected chi connectivity index (χ2v) is 7.55. The molecule has 1 aliphatic rings. The molecule has 0 radical (unpaired) electrons. The fourth-order valence-corrected chi connectivity index (χ4v) is 4.86. The highest BCUT2D eigenvalue weighted by molar-refractivity contribution is 7.93. The van der Waals surface area contributed by atoms with Gasteiger partial charge in [0.1, 0.15) is 5.75 Å². The molecule has 0 atom stereocenters. The van der Waals surface area contributed by atoms with Gasteiger partial charge in [0.15, 0.2) is 0 Å². The third-order valence-electron chi connectivity index (χ3n) is 4.20. The summed E-state index contributed by atoms with van der Waals surface area (Å²) in [6, 6.07) is 20.7. The van der Waals surface area contributed by atoms with E-state index in [4.69, 9.17) is 4.74 Å². The molecule has 24 heavy (non-hydrogen) atoms. The van der Waals surface area contributed by atoms with Gasteiger partial charge >= 0.3 is 0 Å². The molecule has 1 aliphatic heterocycles. The van der Waals surface area contributed by atoms with Crippen molar-refractivity contribution in [3.63, 3.8) is 0 Å². The van der Waals surface area contributed by atoms with Gasteiger partial charge in [-0.2, -0.15) is 0 Å². The van der Waals surface area contributed by atoms with E-state index in [0.29, 0.717) is 24.5 Å². The van der Waals surface area contributed by atoms with Gasteiger partial charge in [-0.05, 0) is 29.7 Å². The predicted molar refractivity (Wildman–Crippen MR) is 95.0 cm³/mol. The van der Waals surface area contributed by atoms with Crippen molar-refractivity contribution < 1.29 is 13.2 Å².